The van der Waals surface area contributed by atoms with Gasteiger partial charge >= 0.3 is 0 Å². The second kappa shape index (κ2) is 6.01. The molecular weight excluding hydrogens is 204 g/mol. The molecule has 1 aromatic rings. The third-order valence-electron chi connectivity index (χ3n) is 2.64. The summed E-state index contributed by atoms with van der Waals surface area (Å²) in [6, 6.07) is 2.32. The van der Waals surface area contributed by atoms with Gasteiger partial charge in [0.2, 0.25) is 0 Å². The fourth-order valence-corrected chi connectivity index (χ4v) is 1.58. The number of aliphatic hydroxyl groups excluding tert-OH is 1. The third kappa shape index (κ3) is 3.94. The summed E-state index contributed by atoms with van der Waals surface area (Å²) in [4.78, 5) is 0. The van der Waals surface area contributed by atoms with Crippen LogP contribution in [0.5, 0.6) is 0 Å². The molecule has 0 amide bonds. The van der Waals surface area contributed by atoms with Crippen molar-refractivity contribution < 1.29 is 9.84 Å². The Bertz CT molecular complexity index is 310. The van der Waals surface area contributed by atoms with E-state index in [1.165, 1.54) is 0 Å². The number of hydrogen-bond donors (Lipinski definition) is 1. The van der Waals surface area contributed by atoms with Crippen LogP contribution in [0.1, 0.15) is 38.9 Å². The van der Waals surface area contributed by atoms with Crippen molar-refractivity contribution in [3.8, 4) is 0 Å². The smallest absolute Gasteiger partial charge is 0.0650 e. The molecule has 0 radical (unpaired) electrons. The normalized spacial score (nSPS) is 15.4. The highest BCUT2D eigenvalue weighted by atomic mass is 16.5. The molecule has 1 rings (SSSR count). The maximum atomic E-state index is 9.82. The Hall–Kier alpha value is -0.870. The summed E-state index contributed by atoms with van der Waals surface area (Å²) < 4.78 is 7.02. The second-order valence-electron chi connectivity index (χ2n) is 4.52. The SMILES string of the molecule is COC(C)CC(O)Cc1ccn(C(C)C)n1. The van der Waals surface area contributed by atoms with E-state index in [9.17, 15) is 5.11 Å². The lowest BCUT2D eigenvalue weighted by Crippen LogP contribution is -2.19. The van der Waals surface area contributed by atoms with E-state index in [0.29, 0.717) is 18.9 Å². The maximum absolute atomic E-state index is 9.82. The first-order valence-electron chi connectivity index (χ1n) is 5.77. The molecule has 92 valence electrons. The Morgan fingerprint density at radius 2 is 2.12 bits per heavy atom. The van der Waals surface area contributed by atoms with E-state index in [4.69, 9.17) is 4.74 Å². The van der Waals surface area contributed by atoms with Crippen LogP contribution in [-0.2, 0) is 11.2 Å². The van der Waals surface area contributed by atoms with Crippen LogP contribution in [0.15, 0.2) is 12.3 Å². The molecule has 4 heteroatoms. The first-order chi connectivity index (χ1) is 7.52. The molecule has 0 aromatic carbocycles. The minimum atomic E-state index is -0.384. The fourth-order valence-electron chi connectivity index (χ4n) is 1.58. The highest BCUT2D eigenvalue weighted by Gasteiger charge is 2.12. The summed E-state index contributed by atoms with van der Waals surface area (Å²) in [6.07, 6.45) is 2.89. The van der Waals surface area contributed by atoms with Gasteiger partial charge in [0.1, 0.15) is 0 Å². The molecule has 4 nitrogen and oxygen atoms in total. The summed E-state index contributed by atoms with van der Waals surface area (Å²) in [5, 5.41) is 14.2. The number of aromatic nitrogens is 2. The molecule has 0 bridgehead atoms. The van der Waals surface area contributed by atoms with Crippen molar-refractivity contribution in [1.82, 2.24) is 9.78 Å². The van der Waals surface area contributed by atoms with Crippen molar-refractivity contribution in [2.75, 3.05) is 7.11 Å². The standard InChI is InChI=1S/C12H22N2O2/c1-9(2)14-6-5-11(13-14)8-12(15)7-10(3)16-4/h5-6,9-10,12,15H,7-8H2,1-4H3. The van der Waals surface area contributed by atoms with E-state index < -0.39 is 0 Å². The Morgan fingerprint density at radius 3 is 2.62 bits per heavy atom. The van der Waals surface area contributed by atoms with Crippen LogP contribution in [0.4, 0.5) is 0 Å². The maximum Gasteiger partial charge on any atom is 0.0650 e. The van der Waals surface area contributed by atoms with E-state index in [1.54, 1.807) is 7.11 Å². The monoisotopic (exact) mass is 226 g/mol. The van der Waals surface area contributed by atoms with Crippen molar-refractivity contribution in [1.29, 1.82) is 0 Å². The fraction of sp³-hybridized carbons (Fsp3) is 0.750. The molecule has 2 unspecified atom stereocenters. The molecular formula is C12H22N2O2. The zero-order valence-corrected chi connectivity index (χ0v) is 10.6. The van der Waals surface area contributed by atoms with Crippen LogP contribution < -0.4 is 0 Å². The number of nitrogens with zero attached hydrogens (tertiary/aromatic N) is 2. The quantitative estimate of drug-likeness (QED) is 0.804. The van der Waals surface area contributed by atoms with Gasteiger partial charge in [-0.05, 0) is 33.3 Å². The van der Waals surface area contributed by atoms with Crippen molar-refractivity contribution >= 4 is 0 Å². The van der Waals surface area contributed by atoms with Gasteiger partial charge in [-0.3, -0.25) is 4.68 Å². The van der Waals surface area contributed by atoms with Crippen LogP contribution in [0.3, 0.4) is 0 Å². The molecule has 0 aliphatic heterocycles. The summed E-state index contributed by atoms with van der Waals surface area (Å²) in [7, 11) is 1.66. The molecule has 1 aromatic heterocycles. The first-order valence-corrected chi connectivity index (χ1v) is 5.77. The van der Waals surface area contributed by atoms with Crippen LogP contribution in [0, 0.1) is 0 Å². The second-order valence-corrected chi connectivity index (χ2v) is 4.52. The van der Waals surface area contributed by atoms with Crippen LogP contribution >= 0.6 is 0 Å². The average molecular weight is 226 g/mol. The number of hydrogen-bond acceptors (Lipinski definition) is 3. The van der Waals surface area contributed by atoms with E-state index in [0.717, 1.165) is 5.69 Å². The molecule has 1 N–H and O–H groups in total. The van der Waals surface area contributed by atoms with Crippen LogP contribution in [0.25, 0.3) is 0 Å². The van der Waals surface area contributed by atoms with Gasteiger partial charge in [0, 0.05) is 25.8 Å². The highest BCUT2D eigenvalue weighted by molar-refractivity contribution is 5.01. The van der Waals surface area contributed by atoms with Gasteiger partial charge in [0.05, 0.1) is 17.9 Å². The van der Waals surface area contributed by atoms with E-state index >= 15 is 0 Å². The van der Waals surface area contributed by atoms with Crippen molar-refractivity contribution in [2.45, 2.75) is 51.9 Å². The summed E-state index contributed by atoms with van der Waals surface area (Å²) in [6.45, 7) is 6.12. The van der Waals surface area contributed by atoms with Crippen molar-refractivity contribution in [2.24, 2.45) is 0 Å². The molecule has 0 saturated carbocycles. The molecule has 0 spiro atoms. The van der Waals surface area contributed by atoms with Gasteiger partial charge < -0.3 is 9.84 Å². The van der Waals surface area contributed by atoms with Gasteiger partial charge in [-0.25, -0.2) is 0 Å². The molecule has 0 fully saturated rings. The molecule has 0 aliphatic rings. The number of aliphatic hydroxyl groups is 1. The van der Waals surface area contributed by atoms with E-state index in [2.05, 4.69) is 18.9 Å². The molecule has 2 atom stereocenters. The van der Waals surface area contributed by atoms with Crippen molar-refractivity contribution in [3.05, 3.63) is 18.0 Å². The van der Waals surface area contributed by atoms with Crippen LogP contribution in [0.2, 0.25) is 0 Å². The van der Waals surface area contributed by atoms with Crippen molar-refractivity contribution in [3.63, 3.8) is 0 Å². The minimum absolute atomic E-state index is 0.0854. The van der Waals surface area contributed by atoms with Gasteiger partial charge in [-0.2, -0.15) is 5.10 Å². The predicted molar refractivity (Wildman–Crippen MR) is 63.4 cm³/mol. The molecule has 16 heavy (non-hydrogen) atoms. The number of ether oxygens (including phenoxy) is 1. The van der Waals surface area contributed by atoms with E-state index in [1.807, 2.05) is 23.9 Å². The van der Waals surface area contributed by atoms with Crippen LogP contribution in [-0.4, -0.2) is 34.2 Å². The molecule has 1 heterocycles. The summed E-state index contributed by atoms with van der Waals surface area (Å²) in [5.74, 6) is 0. The Kier molecular flexibility index (Phi) is 4.96. The van der Waals surface area contributed by atoms with Gasteiger partial charge in [0.15, 0.2) is 0 Å². The average Bonchev–Trinajstić information content (AvgIpc) is 2.65. The molecule has 0 saturated heterocycles. The largest absolute Gasteiger partial charge is 0.393 e. The Balaban J connectivity index is 2.46. The number of methoxy groups -OCH3 is 1. The summed E-state index contributed by atoms with van der Waals surface area (Å²) >= 11 is 0. The molecule has 0 aliphatic carbocycles. The van der Waals surface area contributed by atoms with Gasteiger partial charge in [0.25, 0.3) is 0 Å². The Labute approximate surface area is 97.2 Å². The lowest BCUT2D eigenvalue weighted by Gasteiger charge is -2.14. The van der Waals surface area contributed by atoms with Gasteiger partial charge in [-0.1, -0.05) is 0 Å². The first kappa shape index (κ1) is 13.2. The zero-order valence-electron chi connectivity index (χ0n) is 10.6. The lowest BCUT2D eigenvalue weighted by molar-refractivity contribution is 0.0561. The predicted octanol–water partition coefficient (Wildman–Crippen LogP) is 1.79. The van der Waals surface area contributed by atoms with Gasteiger partial charge in [-0.15, -0.1) is 0 Å². The Morgan fingerprint density at radius 1 is 1.44 bits per heavy atom. The highest BCUT2D eigenvalue weighted by Crippen LogP contribution is 2.09. The van der Waals surface area contributed by atoms with E-state index in [-0.39, 0.29) is 12.2 Å². The zero-order chi connectivity index (χ0) is 12.1. The number of rotatable bonds is 6. The topological polar surface area (TPSA) is 47.3 Å². The minimum Gasteiger partial charge on any atom is -0.393 e. The third-order valence-corrected chi connectivity index (χ3v) is 2.64. The lowest BCUT2D eigenvalue weighted by atomic mass is 10.1. The summed E-state index contributed by atoms with van der Waals surface area (Å²) in [5.41, 5.74) is 0.935.